The van der Waals surface area contributed by atoms with Crippen LogP contribution in [0.3, 0.4) is 0 Å². The number of hydrogen-bond acceptors (Lipinski definition) is 6. The van der Waals surface area contributed by atoms with Crippen LogP contribution in [0.4, 0.5) is 5.82 Å². The Kier molecular flexibility index (Phi) is 4.78. The molecule has 0 aromatic carbocycles. The maximum atomic E-state index is 11.3. The number of nitrogens with two attached hydrogens (primary N) is 1. The molecule has 0 unspecified atom stereocenters. The number of anilines is 1. The minimum atomic E-state index is -0.989. The number of primary amides is 1. The van der Waals surface area contributed by atoms with E-state index in [0.717, 1.165) is 0 Å². The minimum absolute atomic E-state index is 0.0311. The third kappa shape index (κ3) is 3.85. The van der Waals surface area contributed by atoms with Gasteiger partial charge in [0, 0.05) is 44.4 Å². The number of ether oxygens (including phenoxy) is 1. The third-order valence-electron chi connectivity index (χ3n) is 4.05. The molecule has 130 valence electrons. The average Bonchev–Trinajstić information content (AvgIpc) is 2.62. The topological polar surface area (TPSA) is 119 Å². The Morgan fingerprint density at radius 2 is 1.96 bits per heavy atom. The lowest BCUT2D eigenvalue weighted by Gasteiger charge is -2.33. The molecule has 1 saturated heterocycles. The number of nitrogens with zero attached hydrogens (tertiary/aromatic N) is 3. The molecule has 1 fully saturated rings. The molecule has 2 aromatic rings. The van der Waals surface area contributed by atoms with E-state index in [4.69, 9.17) is 10.5 Å². The first-order valence-electron chi connectivity index (χ1n) is 7.90. The molecular weight excluding hydrogens is 324 g/mol. The van der Waals surface area contributed by atoms with E-state index in [9.17, 15) is 14.7 Å². The average molecular weight is 342 g/mol. The predicted octanol–water partition coefficient (Wildman–Crippen LogP) is 1.32. The zero-order valence-corrected chi connectivity index (χ0v) is 13.5. The standard InChI is InChI=1S/C17H18N4O4/c18-15(22)14-10-12(3-7-19-14)25-11-4-8-21(9-5-11)16-13(17(23)24)2-1-6-20-16/h1-3,6-7,10-11H,4-5,8-9H2,(H2,18,22)(H,23,24). The van der Waals surface area contributed by atoms with Gasteiger partial charge in [0.2, 0.25) is 0 Å². The summed E-state index contributed by atoms with van der Waals surface area (Å²) in [6.45, 7) is 1.27. The zero-order chi connectivity index (χ0) is 17.8. The van der Waals surface area contributed by atoms with Gasteiger partial charge in [0.1, 0.15) is 28.9 Å². The van der Waals surface area contributed by atoms with Crippen LogP contribution in [0.15, 0.2) is 36.7 Å². The van der Waals surface area contributed by atoms with Gasteiger partial charge in [-0.2, -0.15) is 0 Å². The number of piperidine rings is 1. The van der Waals surface area contributed by atoms with E-state index < -0.39 is 11.9 Å². The van der Waals surface area contributed by atoms with Gasteiger partial charge >= 0.3 is 5.97 Å². The smallest absolute Gasteiger partial charge is 0.339 e. The van der Waals surface area contributed by atoms with E-state index in [0.29, 0.717) is 37.5 Å². The molecule has 0 aliphatic carbocycles. The number of carbonyl (C=O) groups is 2. The number of rotatable bonds is 5. The van der Waals surface area contributed by atoms with Crippen LogP contribution in [-0.2, 0) is 0 Å². The molecule has 0 radical (unpaired) electrons. The third-order valence-corrected chi connectivity index (χ3v) is 4.05. The number of aromatic carboxylic acids is 1. The quantitative estimate of drug-likeness (QED) is 0.841. The highest BCUT2D eigenvalue weighted by molar-refractivity contribution is 5.93. The molecule has 8 heteroatoms. The summed E-state index contributed by atoms with van der Waals surface area (Å²) in [5.74, 6) is -0.562. The van der Waals surface area contributed by atoms with Gasteiger partial charge in [-0.25, -0.2) is 9.78 Å². The molecule has 1 aliphatic heterocycles. The summed E-state index contributed by atoms with van der Waals surface area (Å²) in [4.78, 5) is 32.5. The molecule has 0 spiro atoms. The molecule has 3 rings (SSSR count). The number of carboxylic acid groups (broad SMARTS) is 1. The minimum Gasteiger partial charge on any atom is -0.490 e. The lowest BCUT2D eigenvalue weighted by molar-refractivity contribution is 0.0696. The molecule has 1 amide bonds. The van der Waals surface area contributed by atoms with Gasteiger partial charge < -0.3 is 20.5 Å². The van der Waals surface area contributed by atoms with Crippen LogP contribution in [0, 0.1) is 0 Å². The van der Waals surface area contributed by atoms with Crippen LogP contribution in [0.1, 0.15) is 33.7 Å². The van der Waals surface area contributed by atoms with E-state index in [1.807, 2.05) is 4.90 Å². The highest BCUT2D eigenvalue weighted by Gasteiger charge is 2.24. The zero-order valence-electron chi connectivity index (χ0n) is 13.5. The van der Waals surface area contributed by atoms with Crippen molar-refractivity contribution in [3.63, 3.8) is 0 Å². The molecule has 8 nitrogen and oxygen atoms in total. The predicted molar refractivity (Wildman–Crippen MR) is 89.8 cm³/mol. The van der Waals surface area contributed by atoms with Gasteiger partial charge in [0.05, 0.1) is 0 Å². The molecule has 3 N–H and O–H groups in total. The fourth-order valence-electron chi connectivity index (χ4n) is 2.81. The maximum Gasteiger partial charge on any atom is 0.339 e. The van der Waals surface area contributed by atoms with Crippen LogP contribution < -0.4 is 15.4 Å². The summed E-state index contributed by atoms with van der Waals surface area (Å²) in [5, 5.41) is 9.28. The Morgan fingerprint density at radius 1 is 1.20 bits per heavy atom. The van der Waals surface area contributed by atoms with E-state index in [1.54, 1.807) is 24.4 Å². The summed E-state index contributed by atoms with van der Waals surface area (Å²) in [6.07, 6.45) is 4.47. The van der Waals surface area contributed by atoms with Gasteiger partial charge in [-0.1, -0.05) is 0 Å². The Morgan fingerprint density at radius 3 is 2.64 bits per heavy atom. The highest BCUT2D eigenvalue weighted by Crippen LogP contribution is 2.24. The molecule has 3 heterocycles. The first-order chi connectivity index (χ1) is 12.0. The van der Waals surface area contributed by atoms with Crippen LogP contribution in [0.25, 0.3) is 0 Å². The number of aromatic nitrogens is 2. The summed E-state index contributed by atoms with van der Waals surface area (Å²) < 4.78 is 5.90. The largest absolute Gasteiger partial charge is 0.490 e. The first kappa shape index (κ1) is 16.7. The lowest BCUT2D eigenvalue weighted by atomic mass is 10.1. The van der Waals surface area contributed by atoms with Crippen molar-refractivity contribution in [1.29, 1.82) is 0 Å². The SMILES string of the molecule is NC(=O)c1cc(OC2CCN(c3ncccc3C(=O)O)CC2)ccn1. The van der Waals surface area contributed by atoms with Crippen molar-refractivity contribution in [3.05, 3.63) is 47.9 Å². The number of amides is 1. The maximum absolute atomic E-state index is 11.3. The summed E-state index contributed by atoms with van der Waals surface area (Å²) >= 11 is 0. The van der Waals surface area contributed by atoms with Gasteiger partial charge in [0.15, 0.2) is 0 Å². The van der Waals surface area contributed by atoms with Crippen molar-refractivity contribution < 1.29 is 19.4 Å². The van der Waals surface area contributed by atoms with Crippen molar-refractivity contribution >= 4 is 17.7 Å². The Balaban J connectivity index is 1.64. The van der Waals surface area contributed by atoms with Gasteiger partial charge in [0.25, 0.3) is 5.91 Å². The van der Waals surface area contributed by atoms with Gasteiger partial charge in [-0.15, -0.1) is 0 Å². The van der Waals surface area contributed by atoms with E-state index in [2.05, 4.69) is 9.97 Å². The van der Waals surface area contributed by atoms with Crippen LogP contribution in [0.2, 0.25) is 0 Å². The Hall–Kier alpha value is -3.16. The monoisotopic (exact) mass is 342 g/mol. The Labute approximate surface area is 144 Å². The van der Waals surface area contributed by atoms with Crippen molar-refractivity contribution in [2.75, 3.05) is 18.0 Å². The normalized spacial score (nSPS) is 15.0. The van der Waals surface area contributed by atoms with E-state index in [1.165, 1.54) is 12.3 Å². The molecular formula is C17H18N4O4. The van der Waals surface area contributed by atoms with Crippen molar-refractivity contribution in [1.82, 2.24) is 9.97 Å². The summed E-state index contributed by atoms with van der Waals surface area (Å²) in [6, 6.07) is 6.37. The number of hydrogen-bond donors (Lipinski definition) is 2. The second-order valence-electron chi connectivity index (χ2n) is 5.73. The van der Waals surface area contributed by atoms with Crippen molar-refractivity contribution in [2.45, 2.75) is 18.9 Å². The summed E-state index contributed by atoms with van der Waals surface area (Å²) in [5.41, 5.74) is 5.58. The van der Waals surface area contributed by atoms with Crippen molar-refractivity contribution in [3.8, 4) is 5.75 Å². The molecule has 0 atom stereocenters. The van der Waals surface area contributed by atoms with E-state index >= 15 is 0 Å². The van der Waals surface area contributed by atoms with Crippen LogP contribution in [0.5, 0.6) is 5.75 Å². The fourth-order valence-corrected chi connectivity index (χ4v) is 2.81. The Bertz CT molecular complexity index is 788. The molecule has 0 saturated carbocycles. The number of carboxylic acids is 1. The fraction of sp³-hybridized carbons (Fsp3) is 0.294. The van der Waals surface area contributed by atoms with Crippen LogP contribution >= 0.6 is 0 Å². The second-order valence-corrected chi connectivity index (χ2v) is 5.73. The molecule has 0 bridgehead atoms. The molecule has 2 aromatic heterocycles. The summed E-state index contributed by atoms with van der Waals surface area (Å²) in [7, 11) is 0. The lowest BCUT2D eigenvalue weighted by Crippen LogP contribution is -2.39. The van der Waals surface area contributed by atoms with Gasteiger partial charge in [-0.3, -0.25) is 9.78 Å². The second kappa shape index (κ2) is 7.16. The van der Waals surface area contributed by atoms with Gasteiger partial charge in [-0.05, 0) is 18.2 Å². The first-order valence-corrected chi connectivity index (χ1v) is 7.90. The highest BCUT2D eigenvalue weighted by atomic mass is 16.5. The van der Waals surface area contributed by atoms with Crippen LogP contribution in [-0.4, -0.2) is 46.1 Å². The molecule has 25 heavy (non-hydrogen) atoms. The number of pyridine rings is 2. The van der Waals surface area contributed by atoms with E-state index in [-0.39, 0.29) is 17.4 Å². The molecule has 1 aliphatic rings. The number of carbonyl (C=O) groups excluding carboxylic acids is 1. The van der Waals surface area contributed by atoms with Crippen molar-refractivity contribution in [2.24, 2.45) is 5.73 Å².